The van der Waals surface area contributed by atoms with Crippen molar-refractivity contribution in [2.45, 2.75) is 32.2 Å². The lowest BCUT2D eigenvalue weighted by atomic mass is 10.2. The van der Waals surface area contributed by atoms with Gasteiger partial charge in [0, 0.05) is 26.2 Å². The molecule has 0 heterocycles. The van der Waals surface area contributed by atoms with E-state index in [0.29, 0.717) is 24.5 Å². The van der Waals surface area contributed by atoms with Gasteiger partial charge in [-0.25, -0.2) is 13.2 Å². The van der Waals surface area contributed by atoms with Crippen LogP contribution in [0.25, 0.3) is 0 Å². The standard InChI is InChI=1S/C21H28N2O3S/c1-4-22(5-2)21(24)23(17-19-9-7-6-8-10-19)15-16-27(25,26)20-13-11-18(3)12-14-20/h6-14H,4-5,15-17H2,1-3H3. The fourth-order valence-corrected chi connectivity index (χ4v) is 4.08. The first-order valence-electron chi connectivity index (χ1n) is 9.24. The molecule has 146 valence electrons. The molecule has 5 nitrogen and oxygen atoms in total. The Morgan fingerprint density at radius 2 is 1.48 bits per heavy atom. The van der Waals surface area contributed by atoms with E-state index in [1.165, 1.54) is 0 Å². The van der Waals surface area contributed by atoms with Crippen LogP contribution in [0.4, 0.5) is 4.79 Å². The van der Waals surface area contributed by atoms with Gasteiger partial charge in [-0.2, -0.15) is 0 Å². The molecule has 2 aromatic rings. The number of amides is 2. The van der Waals surface area contributed by atoms with Gasteiger partial charge in [0.15, 0.2) is 9.84 Å². The van der Waals surface area contributed by atoms with Crippen LogP contribution in [-0.2, 0) is 16.4 Å². The molecule has 2 aromatic carbocycles. The van der Waals surface area contributed by atoms with Crippen LogP contribution in [0.5, 0.6) is 0 Å². The normalized spacial score (nSPS) is 11.2. The van der Waals surface area contributed by atoms with E-state index in [2.05, 4.69) is 0 Å². The van der Waals surface area contributed by atoms with E-state index in [1.54, 1.807) is 34.1 Å². The summed E-state index contributed by atoms with van der Waals surface area (Å²) >= 11 is 0. The zero-order chi connectivity index (χ0) is 19.9. The summed E-state index contributed by atoms with van der Waals surface area (Å²) in [5, 5.41) is 0. The van der Waals surface area contributed by atoms with Gasteiger partial charge in [-0.15, -0.1) is 0 Å². The minimum Gasteiger partial charge on any atom is -0.325 e. The van der Waals surface area contributed by atoms with Crippen LogP contribution >= 0.6 is 0 Å². The number of carbonyl (C=O) groups excluding carboxylic acids is 1. The second kappa shape index (κ2) is 9.55. The highest BCUT2D eigenvalue weighted by atomic mass is 32.2. The molecule has 0 aliphatic rings. The Labute approximate surface area is 162 Å². The number of urea groups is 1. The van der Waals surface area contributed by atoms with Gasteiger partial charge in [-0.05, 0) is 38.5 Å². The van der Waals surface area contributed by atoms with Gasteiger partial charge in [0.05, 0.1) is 10.6 Å². The highest BCUT2D eigenvalue weighted by Crippen LogP contribution is 2.14. The smallest absolute Gasteiger partial charge is 0.320 e. The molecule has 27 heavy (non-hydrogen) atoms. The lowest BCUT2D eigenvalue weighted by Crippen LogP contribution is -2.44. The van der Waals surface area contributed by atoms with Crippen molar-refractivity contribution in [3.8, 4) is 0 Å². The van der Waals surface area contributed by atoms with Crippen molar-refractivity contribution in [1.82, 2.24) is 9.80 Å². The van der Waals surface area contributed by atoms with E-state index in [-0.39, 0.29) is 18.3 Å². The molecule has 0 saturated heterocycles. The number of benzene rings is 2. The predicted octanol–water partition coefficient (Wildman–Crippen LogP) is 3.73. The summed E-state index contributed by atoms with van der Waals surface area (Å²) in [5.41, 5.74) is 1.99. The van der Waals surface area contributed by atoms with Crippen LogP contribution in [0.2, 0.25) is 0 Å². The second-order valence-electron chi connectivity index (χ2n) is 6.49. The summed E-state index contributed by atoms with van der Waals surface area (Å²) in [6.45, 7) is 7.48. The molecule has 0 N–H and O–H groups in total. The number of nitrogens with zero attached hydrogens (tertiary/aromatic N) is 2. The van der Waals surface area contributed by atoms with Gasteiger partial charge in [-0.3, -0.25) is 0 Å². The largest absolute Gasteiger partial charge is 0.325 e. The summed E-state index contributed by atoms with van der Waals surface area (Å²) in [4.78, 5) is 16.5. The Bertz CT molecular complexity index is 829. The van der Waals surface area contributed by atoms with Crippen molar-refractivity contribution >= 4 is 15.9 Å². The predicted molar refractivity (Wildman–Crippen MR) is 108 cm³/mol. The molecule has 0 aliphatic carbocycles. The van der Waals surface area contributed by atoms with Crippen LogP contribution in [-0.4, -0.2) is 49.6 Å². The molecule has 0 radical (unpaired) electrons. The van der Waals surface area contributed by atoms with Crippen molar-refractivity contribution in [1.29, 1.82) is 0 Å². The first kappa shape index (κ1) is 21.0. The number of hydrogen-bond acceptors (Lipinski definition) is 3. The van der Waals surface area contributed by atoms with Crippen LogP contribution in [0.15, 0.2) is 59.5 Å². The highest BCUT2D eigenvalue weighted by Gasteiger charge is 2.22. The van der Waals surface area contributed by atoms with Gasteiger partial charge in [0.2, 0.25) is 0 Å². The maximum atomic E-state index is 12.9. The SMILES string of the molecule is CCN(CC)C(=O)N(CCS(=O)(=O)c1ccc(C)cc1)Cc1ccccc1. The first-order valence-corrected chi connectivity index (χ1v) is 10.9. The number of rotatable bonds is 8. The van der Waals surface area contributed by atoms with Gasteiger partial charge in [0.25, 0.3) is 0 Å². The first-order chi connectivity index (χ1) is 12.9. The fraction of sp³-hybridized carbons (Fsp3) is 0.381. The molecule has 0 spiro atoms. The Hall–Kier alpha value is -2.34. The maximum Gasteiger partial charge on any atom is 0.320 e. The summed E-state index contributed by atoms with van der Waals surface area (Å²) in [6, 6.07) is 16.3. The Balaban J connectivity index is 2.17. The maximum absolute atomic E-state index is 12.9. The molecule has 2 amide bonds. The van der Waals surface area contributed by atoms with E-state index in [4.69, 9.17) is 0 Å². The minimum atomic E-state index is -3.45. The Morgan fingerprint density at radius 1 is 0.889 bits per heavy atom. The molecule has 0 atom stereocenters. The molecular weight excluding hydrogens is 360 g/mol. The topological polar surface area (TPSA) is 57.7 Å². The van der Waals surface area contributed by atoms with Gasteiger partial charge < -0.3 is 9.80 Å². The van der Waals surface area contributed by atoms with E-state index < -0.39 is 9.84 Å². The molecule has 0 fully saturated rings. The molecule has 6 heteroatoms. The van der Waals surface area contributed by atoms with Crippen molar-refractivity contribution in [2.75, 3.05) is 25.4 Å². The third-order valence-electron chi connectivity index (χ3n) is 4.53. The van der Waals surface area contributed by atoms with Gasteiger partial charge >= 0.3 is 6.03 Å². The summed E-state index contributed by atoms with van der Waals surface area (Å²) < 4.78 is 25.4. The number of sulfone groups is 1. The third kappa shape index (κ3) is 5.82. The van der Waals surface area contributed by atoms with Gasteiger partial charge in [-0.1, -0.05) is 48.0 Å². The highest BCUT2D eigenvalue weighted by molar-refractivity contribution is 7.91. The van der Waals surface area contributed by atoms with Crippen LogP contribution < -0.4 is 0 Å². The van der Waals surface area contributed by atoms with Crippen LogP contribution in [0.3, 0.4) is 0 Å². The van der Waals surface area contributed by atoms with Crippen molar-refractivity contribution in [2.24, 2.45) is 0 Å². The molecule has 0 bridgehead atoms. The van der Waals surface area contributed by atoms with Gasteiger partial charge in [0.1, 0.15) is 0 Å². The molecule has 0 unspecified atom stereocenters. The Kier molecular flexibility index (Phi) is 7.42. The third-order valence-corrected chi connectivity index (χ3v) is 6.24. The van der Waals surface area contributed by atoms with Crippen molar-refractivity contribution in [3.05, 3.63) is 65.7 Å². The Morgan fingerprint density at radius 3 is 2.04 bits per heavy atom. The van der Waals surface area contributed by atoms with Crippen molar-refractivity contribution in [3.63, 3.8) is 0 Å². The quantitative estimate of drug-likeness (QED) is 0.692. The van der Waals surface area contributed by atoms with Crippen LogP contribution in [0, 0.1) is 6.92 Å². The zero-order valence-corrected chi connectivity index (χ0v) is 17.1. The van der Waals surface area contributed by atoms with E-state index in [9.17, 15) is 13.2 Å². The summed E-state index contributed by atoms with van der Waals surface area (Å²) in [5.74, 6) is -0.101. The van der Waals surface area contributed by atoms with E-state index in [0.717, 1.165) is 11.1 Å². The molecule has 0 aromatic heterocycles. The molecule has 2 rings (SSSR count). The summed E-state index contributed by atoms with van der Waals surface area (Å²) in [6.07, 6.45) is 0. The number of hydrogen-bond donors (Lipinski definition) is 0. The number of carbonyl (C=O) groups is 1. The molecule has 0 aliphatic heterocycles. The lowest BCUT2D eigenvalue weighted by molar-refractivity contribution is 0.157. The summed E-state index contributed by atoms with van der Waals surface area (Å²) in [7, 11) is -3.45. The molecule has 0 saturated carbocycles. The molecular formula is C21H28N2O3S. The van der Waals surface area contributed by atoms with Crippen molar-refractivity contribution < 1.29 is 13.2 Å². The average Bonchev–Trinajstić information content (AvgIpc) is 2.67. The van der Waals surface area contributed by atoms with Crippen LogP contribution in [0.1, 0.15) is 25.0 Å². The lowest BCUT2D eigenvalue weighted by Gasteiger charge is -2.29. The zero-order valence-electron chi connectivity index (χ0n) is 16.3. The monoisotopic (exact) mass is 388 g/mol. The minimum absolute atomic E-state index is 0.101. The van der Waals surface area contributed by atoms with E-state index in [1.807, 2.05) is 51.1 Å². The fourth-order valence-electron chi connectivity index (χ4n) is 2.83. The second-order valence-corrected chi connectivity index (χ2v) is 8.60. The average molecular weight is 389 g/mol. The number of aryl methyl sites for hydroxylation is 1. The van der Waals surface area contributed by atoms with E-state index >= 15 is 0 Å².